The summed E-state index contributed by atoms with van der Waals surface area (Å²) in [5.41, 5.74) is 0. The summed E-state index contributed by atoms with van der Waals surface area (Å²) in [6.45, 7) is 0. The van der Waals surface area contributed by atoms with E-state index in [1.807, 2.05) is 17.8 Å². The average molecular weight is 260 g/mol. The Morgan fingerprint density at radius 3 is 3.11 bits per heavy atom. The second-order valence-corrected chi connectivity index (χ2v) is 4.99. The molecule has 100 valence electrons. The Morgan fingerprint density at radius 2 is 2.37 bits per heavy atom. The van der Waals surface area contributed by atoms with Crippen molar-refractivity contribution < 1.29 is 9.32 Å². The van der Waals surface area contributed by atoms with Crippen LogP contribution in [0.3, 0.4) is 0 Å². The Labute approximate surface area is 110 Å². The van der Waals surface area contributed by atoms with Gasteiger partial charge in [-0.2, -0.15) is 4.98 Å². The van der Waals surface area contributed by atoms with Gasteiger partial charge >= 0.3 is 0 Å². The highest BCUT2D eigenvalue weighted by Crippen LogP contribution is 2.24. The molecule has 0 saturated heterocycles. The van der Waals surface area contributed by atoms with Crippen molar-refractivity contribution in [2.75, 3.05) is 0 Å². The summed E-state index contributed by atoms with van der Waals surface area (Å²) in [4.78, 5) is 20.3. The van der Waals surface area contributed by atoms with Crippen LogP contribution in [0.4, 0.5) is 0 Å². The van der Waals surface area contributed by atoms with E-state index in [0.29, 0.717) is 36.2 Å². The Bertz CT molecular complexity index is 587. The molecular weight excluding hydrogens is 244 g/mol. The molecule has 6 nitrogen and oxygen atoms in total. The van der Waals surface area contributed by atoms with Crippen molar-refractivity contribution in [3.05, 3.63) is 18.3 Å². The normalized spacial score (nSPS) is 19.8. The average Bonchev–Trinajstić information content (AvgIpc) is 3.01. The van der Waals surface area contributed by atoms with E-state index in [0.717, 1.165) is 19.3 Å². The van der Waals surface area contributed by atoms with E-state index in [1.165, 1.54) is 0 Å². The van der Waals surface area contributed by atoms with Gasteiger partial charge < -0.3 is 9.09 Å². The first kappa shape index (κ1) is 12.1. The lowest BCUT2D eigenvalue weighted by Gasteiger charge is -2.18. The Balaban J connectivity index is 1.75. The smallest absolute Gasteiger partial charge is 0.238 e. The maximum absolute atomic E-state index is 11.8. The molecule has 0 spiro atoms. The second kappa shape index (κ2) is 4.95. The lowest BCUT2D eigenvalue weighted by atomic mass is 9.86. The third-order valence-electron chi connectivity index (χ3n) is 3.59. The van der Waals surface area contributed by atoms with Gasteiger partial charge in [0.05, 0.1) is 0 Å². The first-order valence-corrected chi connectivity index (χ1v) is 6.57. The summed E-state index contributed by atoms with van der Waals surface area (Å²) >= 11 is 0. The molecule has 0 aliphatic heterocycles. The van der Waals surface area contributed by atoms with Gasteiger partial charge in [0.1, 0.15) is 5.78 Å². The van der Waals surface area contributed by atoms with Gasteiger partial charge in [0.2, 0.25) is 11.7 Å². The number of hydrogen-bond acceptors (Lipinski definition) is 5. The summed E-state index contributed by atoms with van der Waals surface area (Å²) < 4.78 is 7.06. The fourth-order valence-electron chi connectivity index (χ4n) is 2.49. The van der Waals surface area contributed by atoms with E-state index >= 15 is 0 Å². The van der Waals surface area contributed by atoms with Crippen LogP contribution >= 0.6 is 0 Å². The van der Waals surface area contributed by atoms with Gasteiger partial charge in [-0.25, -0.2) is 4.98 Å². The summed E-state index contributed by atoms with van der Waals surface area (Å²) in [6, 6.07) is 0. The quantitative estimate of drug-likeness (QED) is 0.840. The number of aromatic nitrogens is 4. The fraction of sp³-hybridized carbons (Fsp3) is 0.538. The van der Waals surface area contributed by atoms with E-state index in [4.69, 9.17) is 4.52 Å². The van der Waals surface area contributed by atoms with Gasteiger partial charge in [0.25, 0.3) is 0 Å². The molecule has 1 atom stereocenters. The third-order valence-corrected chi connectivity index (χ3v) is 3.59. The highest BCUT2D eigenvalue weighted by atomic mass is 16.5. The molecule has 6 heteroatoms. The summed E-state index contributed by atoms with van der Waals surface area (Å²) in [5, 5.41) is 3.93. The van der Waals surface area contributed by atoms with Crippen LogP contribution in [0.25, 0.3) is 11.6 Å². The Kier molecular flexibility index (Phi) is 3.15. The Hall–Kier alpha value is -1.98. The molecule has 3 rings (SSSR count). The zero-order chi connectivity index (χ0) is 13.2. The van der Waals surface area contributed by atoms with Gasteiger partial charge in [-0.15, -0.1) is 0 Å². The van der Waals surface area contributed by atoms with Gasteiger partial charge in [-0.05, 0) is 12.8 Å². The standard InChI is InChI=1S/C13H16N4O2/c1-17-7-6-14-13(17)12-15-11(19-16-12)8-9-4-2-3-5-10(9)18/h6-7,9H,2-5,8H2,1H3. The minimum Gasteiger partial charge on any atom is -0.339 e. The molecule has 0 amide bonds. The van der Waals surface area contributed by atoms with E-state index < -0.39 is 0 Å². The number of imidazole rings is 1. The molecule has 2 heterocycles. The molecule has 0 radical (unpaired) electrons. The molecule has 1 aliphatic carbocycles. The van der Waals surface area contributed by atoms with Crippen molar-refractivity contribution >= 4 is 5.78 Å². The maximum atomic E-state index is 11.8. The molecule has 2 aromatic rings. The molecular formula is C13H16N4O2. The van der Waals surface area contributed by atoms with Crippen LogP contribution in [0.2, 0.25) is 0 Å². The molecule has 0 aromatic carbocycles. The van der Waals surface area contributed by atoms with Crippen LogP contribution in [-0.4, -0.2) is 25.5 Å². The van der Waals surface area contributed by atoms with Crippen LogP contribution < -0.4 is 0 Å². The summed E-state index contributed by atoms with van der Waals surface area (Å²) in [7, 11) is 1.88. The zero-order valence-electron chi connectivity index (χ0n) is 10.9. The number of Topliss-reactive ketones (excluding diaryl/α,β-unsaturated/α-hetero) is 1. The van der Waals surface area contributed by atoms with Crippen LogP contribution in [0.15, 0.2) is 16.9 Å². The minimum atomic E-state index is 0.0448. The van der Waals surface area contributed by atoms with Crippen LogP contribution in [0.1, 0.15) is 31.6 Å². The molecule has 0 N–H and O–H groups in total. The topological polar surface area (TPSA) is 73.8 Å². The zero-order valence-corrected chi connectivity index (χ0v) is 10.9. The molecule has 1 unspecified atom stereocenters. The molecule has 1 saturated carbocycles. The van der Waals surface area contributed by atoms with Gasteiger partial charge in [0.15, 0.2) is 5.82 Å². The number of nitrogens with zero attached hydrogens (tertiary/aromatic N) is 4. The number of carbonyl (C=O) groups is 1. The number of carbonyl (C=O) groups excluding carboxylic acids is 1. The van der Waals surface area contributed by atoms with E-state index in [1.54, 1.807) is 6.20 Å². The minimum absolute atomic E-state index is 0.0448. The fourth-order valence-corrected chi connectivity index (χ4v) is 2.49. The Morgan fingerprint density at radius 1 is 1.47 bits per heavy atom. The predicted octanol–water partition coefficient (Wildman–Crippen LogP) is 1.77. The van der Waals surface area contributed by atoms with Crippen molar-refractivity contribution in [3.63, 3.8) is 0 Å². The van der Waals surface area contributed by atoms with Crippen molar-refractivity contribution in [2.45, 2.75) is 32.1 Å². The first-order chi connectivity index (χ1) is 9.24. The third kappa shape index (κ3) is 2.43. The van der Waals surface area contributed by atoms with Crippen molar-refractivity contribution in [1.29, 1.82) is 0 Å². The van der Waals surface area contributed by atoms with E-state index in [-0.39, 0.29) is 5.92 Å². The lowest BCUT2D eigenvalue weighted by Crippen LogP contribution is -2.21. The molecule has 0 bridgehead atoms. The summed E-state index contributed by atoms with van der Waals surface area (Å²) in [5.74, 6) is 2.04. The van der Waals surface area contributed by atoms with Gasteiger partial charge in [-0.3, -0.25) is 4.79 Å². The van der Waals surface area contributed by atoms with Crippen molar-refractivity contribution in [2.24, 2.45) is 13.0 Å². The highest BCUT2D eigenvalue weighted by Gasteiger charge is 2.25. The predicted molar refractivity (Wildman–Crippen MR) is 67.2 cm³/mol. The van der Waals surface area contributed by atoms with Crippen molar-refractivity contribution in [3.8, 4) is 11.6 Å². The number of rotatable bonds is 3. The number of hydrogen-bond donors (Lipinski definition) is 0. The maximum Gasteiger partial charge on any atom is 0.238 e. The largest absolute Gasteiger partial charge is 0.339 e. The van der Waals surface area contributed by atoms with Crippen LogP contribution in [0.5, 0.6) is 0 Å². The monoisotopic (exact) mass is 260 g/mol. The highest BCUT2D eigenvalue weighted by molar-refractivity contribution is 5.81. The van der Waals surface area contributed by atoms with Crippen LogP contribution in [-0.2, 0) is 18.3 Å². The van der Waals surface area contributed by atoms with Gasteiger partial charge in [0, 0.05) is 38.2 Å². The van der Waals surface area contributed by atoms with Crippen molar-refractivity contribution in [1.82, 2.24) is 19.7 Å². The molecule has 1 aliphatic rings. The van der Waals surface area contributed by atoms with Crippen LogP contribution in [0, 0.1) is 5.92 Å². The lowest BCUT2D eigenvalue weighted by molar-refractivity contribution is -0.124. The first-order valence-electron chi connectivity index (χ1n) is 6.57. The number of aryl methyl sites for hydroxylation is 1. The second-order valence-electron chi connectivity index (χ2n) is 4.99. The molecule has 19 heavy (non-hydrogen) atoms. The van der Waals surface area contributed by atoms with E-state index in [9.17, 15) is 4.79 Å². The van der Waals surface area contributed by atoms with Gasteiger partial charge in [-0.1, -0.05) is 11.6 Å². The SMILES string of the molecule is Cn1ccnc1-c1noc(CC2CCCCC2=O)n1. The molecule has 2 aromatic heterocycles. The van der Waals surface area contributed by atoms with E-state index in [2.05, 4.69) is 15.1 Å². The number of ketones is 1. The summed E-state index contributed by atoms with van der Waals surface area (Å²) in [6.07, 6.45) is 7.81. The molecule has 1 fully saturated rings.